The number of nitrogens with zero attached hydrogens (tertiary/aromatic N) is 2. The molecular formula is C33H42ClN3O7S2. The van der Waals surface area contributed by atoms with Crippen molar-refractivity contribution in [2.45, 2.75) is 67.9 Å². The zero-order valence-corrected chi connectivity index (χ0v) is 29.1. The molecule has 1 saturated carbocycles. The maximum absolute atomic E-state index is 13.6. The molecule has 4 atom stereocenters. The van der Waals surface area contributed by atoms with E-state index >= 15 is 0 Å². The van der Waals surface area contributed by atoms with E-state index in [9.17, 15) is 21.6 Å². The number of carbonyl (C=O) groups excluding carboxylic acids is 1. The van der Waals surface area contributed by atoms with Crippen molar-refractivity contribution in [2.24, 2.45) is 11.8 Å². The number of halogens is 1. The number of benzene rings is 2. The summed E-state index contributed by atoms with van der Waals surface area (Å²) >= 11 is 6.40. The first kappa shape index (κ1) is 33.3. The SMILES string of the molecule is CN([C@H]1/C=C\COC(C)(C)C(=O)NS(=O)(=O)c2ccc3c(c2)N(C[C@@H]2CC[C@H]21)C[C@@]1(CCCc2cc(Cl)ccc21)CO3)S(C)(=O)=O. The van der Waals surface area contributed by atoms with Crippen molar-refractivity contribution in [2.75, 3.05) is 44.5 Å². The second-order valence-corrected chi connectivity index (χ2v) is 17.9. The van der Waals surface area contributed by atoms with Gasteiger partial charge in [0.05, 0.1) is 30.1 Å². The van der Waals surface area contributed by atoms with Crippen molar-refractivity contribution in [3.05, 3.63) is 64.7 Å². The van der Waals surface area contributed by atoms with E-state index in [4.69, 9.17) is 21.1 Å². The number of amides is 1. The summed E-state index contributed by atoms with van der Waals surface area (Å²) < 4.78 is 68.6. The number of hydrogen-bond acceptors (Lipinski definition) is 8. The Morgan fingerprint density at radius 3 is 2.63 bits per heavy atom. The predicted octanol–water partition coefficient (Wildman–Crippen LogP) is 4.27. The maximum Gasteiger partial charge on any atom is 0.265 e. The highest BCUT2D eigenvalue weighted by Gasteiger charge is 2.45. The highest BCUT2D eigenvalue weighted by atomic mass is 35.5. The summed E-state index contributed by atoms with van der Waals surface area (Å²) in [4.78, 5) is 15.3. The third-order valence-electron chi connectivity index (χ3n) is 10.3. The smallest absolute Gasteiger partial charge is 0.265 e. The molecule has 2 aliphatic heterocycles. The molecule has 2 aliphatic carbocycles. The van der Waals surface area contributed by atoms with Crippen LogP contribution in [0.5, 0.6) is 5.75 Å². The van der Waals surface area contributed by atoms with Gasteiger partial charge in [0.15, 0.2) is 0 Å². The van der Waals surface area contributed by atoms with Crippen LogP contribution in [0.4, 0.5) is 5.69 Å². The fourth-order valence-electron chi connectivity index (χ4n) is 7.39. The number of sulfonamides is 2. The lowest BCUT2D eigenvalue weighted by molar-refractivity contribution is -0.139. The Labute approximate surface area is 277 Å². The average molecular weight is 692 g/mol. The summed E-state index contributed by atoms with van der Waals surface area (Å²) in [7, 11) is -6.16. The number of nitrogens with one attached hydrogen (secondary N) is 1. The minimum absolute atomic E-state index is 0.000209. The Bertz CT molecular complexity index is 1780. The molecular weight excluding hydrogens is 650 g/mol. The molecule has 2 aromatic rings. The molecule has 1 fully saturated rings. The average Bonchev–Trinajstić information content (AvgIpc) is 3.12. The Balaban J connectivity index is 1.47. The second-order valence-electron chi connectivity index (χ2n) is 13.7. The first-order valence-electron chi connectivity index (χ1n) is 15.7. The van der Waals surface area contributed by atoms with Crippen LogP contribution in [0, 0.1) is 11.8 Å². The van der Waals surface area contributed by atoms with Crippen LogP contribution in [-0.4, -0.2) is 78.3 Å². The molecule has 46 heavy (non-hydrogen) atoms. The van der Waals surface area contributed by atoms with Gasteiger partial charge in [-0.15, -0.1) is 0 Å². The molecule has 6 rings (SSSR count). The van der Waals surface area contributed by atoms with Crippen molar-refractivity contribution in [1.82, 2.24) is 9.03 Å². The Morgan fingerprint density at radius 2 is 1.91 bits per heavy atom. The van der Waals surface area contributed by atoms with Gasteiger partial charge in [-0.05, 0) is 99.2 Å². The van der Waals surface area contributed by atoms with Crippen molar-refractivity contribution in [1.29, 1.82) is 0 Å². The molecule has 2 bridgehead atoms. The zero-order valence-electron chi connectivity index (χ0n) is 26.7. The van der Waals surface area contributed by atoms with Gasteiger partial charge in [0, 0.05) is 36.6 Å². The summed E-state index contributed by atoms with van der Waals surface area (Å²) in [5.41, 5.74) is 1.17. The van der Waals surface area contributed by atoms with Crippen LogP contribution in [0.1, 0.15) is 50.7 Å². The summed E-state index contributed by atoms with van der Waals surface area (Å²) in [5.74, 6) is -0.0987. The molecule has 1 spiro atoms. The van der Waals surface area contributed by atoms with Gasteiger partial charge in [-0.3, -0.25) is 4.79 Å². The van der Waals surface area contributed by atoms with Gasteiger partial charge in [-0.2, -0.15) is 4.31 Å². The molecule has 2 heterocycles. The van der Waals surface area contributed by atoms with Crippen LogP contribution in [0.2, 0.25) is 5.02 Å². The van der Waals surface area contributed by atoms with E-state index in [1.807, 2.05) is 18.2 Å². The van der Waals surface area contributed by atoms with E-state index in [1.54, 1.807) is 25.3 Å². The molecule has 250 valence electrons. The highest BCUT2D eigenvalue weighted by Crippen LogP contribution is 2.47. The van der Waals surface area contributed by atoms with Gasteiger partial charge in [-0.25, -0.2) is 21.6 Å². The number of ether oxygens (including phenoxy) is 2. The molecule has 1 N–H and O–H groups in total. The number of fused-ring (bicyclic) bond motifs is 4. The molecule has 0 saturated heterocycles. The lowest BCUT2D eigenvalue weighted by Crippen LogP contribution is -2.52. The number of anilines is 1. The number of rotatable bonds is 2. The first-order chi connectivity index (χ1) is 21.6. The molecule has 4 aliphatic rings. The molecule has 1 amide bonds. The second kappa shape index (κ2) is 12.1. The van der Waals surface area contributed by atoms with Gasteiger partial charge in [0.2, 0.25) is 10.0 Å². The Morgan fingerprint density at radius 1 is 1.13 bits per heavy atom. The molecule has 13 heteroatoms. The van der Waals surface area contributed by atoms with Crippen LogP contribution >= 0.6 is 11.6 Å². The fraction of sp³-hybridized carbons (Fsp3) is 0.545. The lowest BCUT2D eigenvalue weighted by atomic mass is 9.68. The standard InChI is InChI=1S/C33H42ClN3O7S2/c1-32(2)31(38)35-46(41,42)25-11-14-30-29(18-25)37(20-33(21-43-30)15-5-7-22-17-24(34)10-13-27(22)33)19-23-9-12-26(23)28(8-6-16-44-32)36(3)45(4,39)40/h6,8,10-11,13-14,17-18,23,26,28H,5,7,9,12,15-16,19-21H2,1-4H3,(H,35,38)/b8-6-/t23-,26+,28-,33-/m0/s1. The highest BCUT2D eigenvalue weighted by molar-refractivity contribution is 7.90. The van der Waals surface area contributed by atoms with Crippen molar-refractivity contribution in [3.63, 3.8) is 0 Å². The zero-order chi connectivity index (χ0) is 33.1. The summed E-state index contributed by atoms with van der Waals surface area (Å²) in [6, 6.07) is 10.3. The lowest BCUT2D eigenvalue weighted by Gasteiger charge is -2.47. The van der Waals surface area contributed by atoms with E-state index in [-0.39, 0.29) is 28.8 Å². The number of hydrogen-bond donors (Lipinski definition) is 1. The largest absolute Gasteiger partial charge is 0.490 e. The van der Waals surface area contributed by atoms with E-state index in [2.05, 4.69) is 15.7 Å². The van der Waals surface area contributed by atoms with Crippen LogP contribution in [0.15, 0.2) is 53.4 Å². The summed E-state index contributed by atoms with van der Waals surface area (Å²) in [6.07, 6.45) is 9.27. The maximum atomic E-state index is 13.6. The van der Waals surface area contributed by atoms with E-state index in [1.165, 1.54) is 41.6 Å². The minimum Gasteiger partial charge on any atom is -0.490 e. The van der Waals surface area contributed by atoms with E-state index < -0.39 is 37.6 Å². The number of likely N-dealkylation sites (N-methyl/N-ethyl adjacent to an activating group) is 1. The third-order valence-corrected chi connectivity index (χ3v) is 13.1. The van der Waals surface area contributed by atoms with Gasteiger partial charge in [0.1, 0.15) is 11.4 Å². The topological polar surface area (TPSA) is 122 Å². The van der Waals surface area contributed by atoms with Gasteiger partial charge >= 0.3 is 0 Å². The Kier molecular flexibility index (Phi) is 8.76. The third kappa shape index (κ3) is 6.31. The minimum atomic E-state index is -4.24. The first-order valence-corrected chi connectivity index (χ1v) is 19.4. The quantitative estimate of drug-likeness (QED) is 0.464. The van der Waals surface area contributed by atoms with Gasteiger partial charge in [0.25, 0.3) is 15.9 Å². The van der Waals surface area contributed by atoms with Gasteiger partial charge < -0.3 is 14.4 Å². The van der Waals surface area contributed by atoms with E-state index in [0.717, 1.165) is 32.1 Å². The Hall–Kier alpha value is -2.64. The summed E-state index contributed by atoms with van der Waals surface area (Å²) in [6.45, 7) is 4.57. The van der Waals surface area contributed by atoms with Crippen molar-refractivity contribution < 1.29 is 31.1 Å². The molecule has 10 nitrogen and oxygen atoms in total. The predicted molar refractivity (Wildman–Crippen MR) is 177 cm³/mol. The van der Waals surface area contributed by atoms with Crippen LogP contribution in [0.3, 0.4) is 0 Å². The monoisotopic (exact) mass is 691 g/mol. The van der Waals surface area contributed by atoms with Crippen LogP contribution < -0.4 is 14.4 Å². The van der Waals surface area contributed by atoms with Gasteiger partial charge in [-0.1, -0.05) is 29.8 Å². The van der Waals surface area contributed by atoms with E-state index in [0.29, 0.717) is 36.2 Å². The van der Waals surface area contributed by atoms with Crippen molar-refractivity contribution in [3.8, 4) is 5.75 Å². The van der Waals surface area contributed by atoms with Crippen LogP contribution in [-0.2, 0) is 41.4 Å². The summed E-state index contributed by atoms with van der Waals surface area (Å²) in [5, 5.41) is 0.690. The van der Waals surface area contributed by atoms with Crippen molar-refractivity contribution >= 4 is 43.2 Å². The number of carbonyl (C=O) groups is 1. The molecule has 2 aromatic carbocycles. The number of aryl methyl sites for hydroxylation is 1. The molecule has 0 radical (unpaired) electrons. The normalized spacial score (nSPS) is 29.8. The molecule has 0 unspecified atom stereocenters. The van der Waals surface area contributed by atoms with Crippen LogP contribution in [0.25, 0.3) is 0 Å². The fourth-order valence-corrected chi connectivity index (χ4v) is 9.38. The molecule has 0 aromatic heterocycles.